The highest BCUT2D eigenvalue weighted by Gasteiger charge is 2.17. The van der Waals surface area contributed by atoms with Crippen molar-refractivity contribution in [3.63, 3.8) is 0 Å². The Morgan fingerprint density at radius 3 is 2.92 bits per heavy atom. The molecule has 1 amide bonds. The van der Waals surface area contributed by atoms with Crippen LogP contribution in [0.2, 0.25) is 0 Å². The molecular weight excluding hydrogens is 344 g/mol. The van der Waals surface area contributed by atoms with Gasteiger partial charge in [-0.15, -0.1) is 0 Å². The molecule has 7 nitrogen and oxygen atoms in total. The highest BCUT2D eigenvalue weighted by Crippen LogP contribution is 2.19. The van der Waals surface area contributed by atoms with E-state index in [0.717, 1.165) is 15.8 Å². The van der Waals surface area contributed by atoms with E-state index >= 15 is 0 Å². The molecule has 0 unspecified atom stereocenters. The van der Waals surface area contributed by atoms with Crippen LogP contribution in [0.25, 0.3) is 10.2 Å². The summed E-state index contributed by atoms with van der Waals surface area (Å²) in [5.74, 6) is -0.865. The molecule has 132 valence electrons. The third kappa shape index (κ3) is 3.90. The average molecular weight is 362 g/mol. The Balaban J connectivity index is 2.05. The van der Waals surface area contributed by atoms with E-state index in [2.05, 4.69) is 4.99 Å². The molecule has 0 fully saturated rings. The molecule has 0 saturated carbocycles. The van der Waals surface area contributed by atoms with Gasteiger partial charge in [-0.05, 0) is 31.5 Å². The molecule has 1 aromatic heterocycles. The van der Waals surface area contributed by atoms with Crippen LogP contribution >= 0.6 is 11.3 Å². The molecule has 2 aromatic rings. The molecule has 8 heteroatoms. The fourth-order valence-corrected chi connectivity index (χ4v) is 3.50. The van der Waals surface area contributed by atoms with E-state index in [1.165, 1.54) is 17.6 Å². The van der Waals surface area contributed by atoms with Crippen molar-refractivity contribution < 1.29 is 23.8 Å². The first-order chi connectivity index (χ1) is 12.1. The molecular formula is C17H18N2O5S. The summed E-state index contributed by atoms with van der Waals surface area (Å²) in [5.41, 5.74) is 1.91. The second kappa shape index (κ2) is 7.52. The topological polar surface area (TPSA) is 79.1 Å². The Morgan fingerprint density at radius 2 is 2.20 bits per heavy atom. The molecule has 25 heavy (non-hydrogen) atoms. The molecule has 1 aromatic carbocycles. The Kier molecular flexibility index (Phi) is 5.18. The van der Waals surface area contributed by atoms with Crippen LogP contribution in [0.15, 0.2) is 35.2 Å². The van der Waals surface area contributed by atoms with Crippen LogP contribution in [0.4, 0.5) is 0 Å². The number of rotatable bonds is 4. The van der Waals surface area contributed by atoms with Gasteiger partial charge < -0.3 is 18.8 Å². The van der Waals surface area contributed by atoms with E-state index in [0.29, 0.717) is 24.6 Å². The molecule has 0 bridgehead atoms. The van der Waals surface area contributed by atoms with E-state index in [1.807, 2.05) is 25.1 Å². The Hall–Kier alpha value is -2.61. The second-order valence-corrected chi connectivity index (χ2v) is 6.37. The van der Waals surface area contributed by atoms with E-state index in [4.69, 9.17) is 14.2 Å². The lowest BCUT2D eigenvalue weighted by Crippen LogP contribution is -2.24. The number of hydrogen-bond acceptors (Lipinski definition) is 6. The van der Waals surface area contributed by atoms with Crippen LogP contribution < -0.4 is 4.80 Å². The SMILES string of the molecule is CCOC(=O)Cn1c(=NC(=O)C2=COCCO2)sc2cc(C)ccc21. The lowest BCUT2D eigenvalue weighted by molar-refractivity contribution is -0.143. The maximum Gasteiger partial charge on any atom is 0.326 e. The summed E-state index contributed by atoms with van der Waals surface area (Å²) in [6, 6.07) is 5.84. The first-order valence-electron chi connectivity index (χ1n) is 7.87. The third-order valence-corrected chi connectivity index (χ3v) is 4.53. The number of nitrogens with zero attached hydrogens (tertiary/aromatic N) is 2. The van der Waals surface area contributed by atoms with Crippen LogP contribution in [-0.4, -0.2) is 36.3 Å². The number of benzene rings is 1. The van der Waals surface area contributed by atoms with Gasteiger partial charge in [-0.3, -0.25) is 9.59 Å². The first-order valence-corrected chi connectivity index (χ1v) is 8.69. The number of hydrogen-bond donors (Lipinski definition) is 0. The highest BCUT2D eigenvalue weighted by atomic mass is 32.1. The summed E-state index contributed by atoms with van der Waals surface area (Å²) >= 11 is 1.33. The van der Waals surface area contributed by atoms with Gasteiger partial charge in [0.05, 0.1) is 16.8 Å². The van der Waals surface area contributed by atoms with Gasteiger partial charge in [-0.25, -0.2) is 0 Å². The summed E-state index contributed by atoms with van der Waals surface area (Å²) in [7, 11) is 0. The van der Waals surface area contributed by atoms with Gasteiger partial charge in [-0.1, -0.05) is 17.4 Å². The van der Waals surface area contributed by atoms with Gasteiger partial charge >= 0.3 is 11.9 Å². The summed E-state index contributed by atoms with van der Waals surface area (Å²) in [4.78, 5) is 28.8. The second-order valence-electron chi connectivity index (χ2n) is 5.37. The molecule has 0 atom stereocenters. The number of carbonyl (C=O) groups is 2. The predicted octanol–water partition coefficient (Wildman–Crippen LogP) is 1.89. The zero-order valence-corrected chi connectivity index (χ0v) is 14.8. The molecule has 1 aliphatic rings. The standard InChI is InChI=1S/C17H18N2O5S/c1-3-23-15(20)9-19-12-5-4-11(2)8-14(12)25-17(19)18-16(21)13-10-22-6-7-24-13/h4-5,8,10H,3,6-7,9H2,1-2H3. The predicted molar refractivity (Wildman–Crippen MR) is 91.7 cm³/mol. The minimum atomic E-state index is -0.541. The lowest BCUT2D eigenvalue weighted by atomic mass is 10.2. The minimum Gasteiger partial charge on any atom is -0.494 e. The van der Waals surface area contributed by atoms with Gasteiger partial charge in [0, 0.05) is 0 Å². The van der Waals surface area contributed by atoms with Crippen molar-refractivity contribution in [3.05, 3.63) is 40.6 Å². The van der Waals surface area contributed by atoms with Crippen LogP contribution in [-0.2, 0) is 30.3 Å². The van der Waals surface area contributed by atoms with Crippen molar-refractivity contribution in [1.82, 2.24) is 4.57 Å². The number of thiazole rings is 1. The van der Waals surface area contributed by atoms with Gasteiger partial charge in [0.15, 0.2) is 4.80 Å². The largest absolute Gasteiger partial charge is 0.494 e. The molecule has 0 N–H and O–H groups in total. The fourth-order valence-electron chi connectivity index (χ4n) is 2.38. The van der Waals surface area contributed by atoms with E-state index in [9.17, 15) is 9.59 Å². The fraction of sp³-hybridized carbons (Fsp3) is 0.353. The maximum absolute atomic E-state index is 12.3. The third-order valence-electron chi connectivity index (χ3n) is 3.49. The Bertz CT molecular complexity index is 909. The quantitative estimate of drug-likeness (QED) is 0.776. The monoisotopic (exact) mass is 362 g/mol. The van der Waals surface area contributed by atoms with E-state index < -0.39 is 5.91 Å². The normalized spacial score (nSPS) is 14.6. The lowest BCUT2D eigenvalue weighted by Gasteiger charge is -2.12. The number of carbonyl (C=O) groups excluding carboxylic acids is 2. The summed E-state index contributed by atoms with van der Waals surface area (Å²) in [5, 5.41) is 0. The molecule has 0 aliphatic carbocycles. The van der Waals surface area contributed by atoms with Crippen molar-refractivity contribution in [2.45, 2.75) is 20.4 Å². The summed E-state index contributed by atoms with van der Waals surface area (Å²) in [6.07, 6.45) is 1.27. The van der Waals surface area contributed by atoms with Crippen LogP contribution in [0.3, 0.4) is 0 Å². The van der Waals surface area contributed by atoms with Crippen molar-refractivity contribution in [1.29, 1.82) is 0 Å². The summed E-state index contributed by atoms with van der Waals surface area (Å²) in [6.45, 7) is 4.72. The van der Waals surface area contributed by atoms with Crippen molar-refractivity contribution >= 4 is 33.4 Å². The number of esters is 1. The summed E-state index contributed by atoms with van der Waals surface area (Å²) < 4.78 is 18.0. The van der Waals surface area contributed by atoms with Gasteiger partial charge in [0.1, 0.15) is 26.0 Å². The molecule has 0 radical (unpaired) electrons. The number of fused-ring (bicyclic) bond motifs is 1. The van der Waals surface area contributed by atoms with Crippen LogP contribution in [0, 0.1) is 6.92 Å². The van der Waals surface area contributed by atoms with E-state index in [1.54, 1.807) is 11.5 Å². The van der Waals surface area contributed by atoms with Gasteiger partial charge in [0.25, 0.3) is 0 Å². The van der Waals surface area contributed by atoms with Crippen molar-refractivity contribution in [2.24, 2.45) is 4.99 Å². The smallest absolute Gasteiger partial charge is 0.326 e. The average Bonchev–Trinajstić information content (AvgIpc) is 2.92. The molecule has 0 saturated heterocycles. The van der Waals surface area contributed by atoms with Crippen LogP contribution in [0.5, 0.6) is 0 Å². The zero-order valence-electron chi connectivity index (χ0n) is 14.0. The van der Waals surface area contributed by atoms with Crippen molar-refractivity contribution in [2.75, 3.05) is 19.8 Å². The van der Waals surface area contributed by atoms with Crippen LogP contribution in [0.1, 0.15) is 12.5 Å². The molecule has 0 spiro atoms. The van der Waals surface area contributed by atoms with Gasteiger partial charge in [0.2, 0.25) is 5.76 Å². The molecule has 3 rings (SSSR count). The Morgan fingerprint density at radius 1 is 1.36 bits per heavy atom. The number of amides is 1. The molecule has 1 aliphatic heterocycles. The number of ether oxygens (including phenoxy) is 3. The number of aromatic nitrogens is 1. The number of aryl methyl sites for hydroxylation is 1. The van der Waals surface area contributed by atoms with Crippen molar-refractivity contribution in [3.8, 4) is 0 Å². The minimum absolute atomic E-state index is 0.0145. The molecule has 2 heterocycles. The maximum atomic E-state index is 12.3. The van der Waals surface area contributed by atoms with Gasteiger partial charge in [-0.2, -0.15) is 4.99 Å². The Labute approximate surface area is 148 Å². The first kappa shape index (κ1) is 17.2. The zero-order chi connectivity index (χ0) is 17.8. The highest BCUT2D eigenvalue weighted by molar-refractivity contribution is 7.16. The van der Waals surface area contributed by atoms with E-state index in [-0.39, 0.29) is 18.3 Å².